The van der Waals surface area contributed by atoms with Crippen molar-refractivity contribution in [2.45, 2.75) is 13.8 Å². The fourth-order valence-corrected chi connectivity index (χ4v) is 2.22. The van der Waals surface area contributed by atoms with Gasteiger partial charge in [0.15, 0.2) is 0 Å². The largest absolute Gasteiger partial charge is 0.437 e. The number of fused-ring (bicyclic) bond motifs is 1. The Labute approximate surface area is 119 Å². The van der Waals surface area contributed by atoms with E-state index in [4.69, 9.17) is 4.74 Å². The molecule has 4 nitrogen and oxygen atoms in total. The lowest BCUT2D eigenvalue weighted by Gasteiger charge is -2.09. The van der Waals surface area contributed by atoms with Gasteiger partial charge in [-0.1, -0.05) is 15.9 Å². The van der Waals surface area contributed by atoms with Gasteiger partial charge in [-0.05, 0) is 43.2 Å². The molecule has 0 amide bonds. The normalized spacial score (nSPS) is 10.9. The highest BCUT2D eigenvalue weighted by atomic mass is 79.9. The Morgan fingerprint density at radius 1 is 1.16 bits per heavy atom. The average molecular weight is 318 g/mol. The Hall–Kier alpha value is -1.88. The summed E-state index contributed by atoms with van der Waals surface area (Å²) >= 11 is 3.55. The van der Waals surface area contributed by atoms with Gasteiger partial charge in [0.25, 0.3) is 0 Å². The number of aryl methyl sites for hydroxylation is 2. The molecule has 0 aliphatic heterocycles. The van der Waals surface area contributed by atoms with Crippen molar-refractivity contribution in [3.05, 3.63) is 52.4 Å². The summed E-state index contributed by atoms with van der Waals surface area (Å²) in [6.07, 6.45) is 5.19. The first-order chi connectivity index (χ1) is 9.15. The minimum atomic E-state index is 0.557. The van der Waals surface area contributed by atoms with Crippen LogP contribution in [0.4, 0.5) is 0 Å². The predicted octanol–water partition coefficient (Wildman–Crippen LogP) is 3.90. The van der Waals surface area contributed by atoms with E-state index < -0.39 is 0 Å². The molecule has 0 aliphatic rings. The second kappa shape index (κ2) is 4.66. The number of halogens is 1. The number of rotatable bonds is 2. The molecule has 0 N–H and O–H groups in total. The van der Waals surface area contributed by atoms with E-state index in [2.05, 4.69) is 26.0 Å². The second-order valence-corrected chi connectivity index (χ2v) is 5.16. The molecule has 1 aromatic carbocycles. The monoisotopic (exact) mass is 317 g/mol. The number of ether oxygens (including phenoxy) is 1. The van der Waals surface area contributed by atoms with Gasteiger partial charge in [-0.15, -0.1) is 0 Å². The Morgan fingerprint density at radius 2 is 1.89 bits per heavy atom. The first-order valence-electron chi connectivity index (χ1n) is 5.88. The lowest BCUT2D eigenvalue weighted by atomic mass is 10.1. The third-order valence-electron chi connectivity index (χ3n) is 2.91. The Balaban J connectivity index is 2.04. The van der Waals surface area contributed by atoms with E-state index in [1.165, 1.54) is 0 Å². The highest BCUT2D eigenvalue weighted by molar-refractivity contribution is 9.10. The maximum Gasteiger partial charge on any atom is 0.245 e. The van der Waals surface area contributed by atoms with Crippen LogP contribution in [0.1, 0.15) is 11.1 Å². The third kappa shape index (κ3) is 2.21. The predicted molar refractivity (Wildman–Crippen MR) is 76.7 cm³/mol. The summed E-state index contributed by atoms with van der Waals surface area (Å²) in [5.74, 6) is 1.33. The van der Waals surface area contributed by atoms with E-state index in [1.54, 1.807) is 23.1 Å². The van der Waals surface area contributed by atoms with Crippen LogP contribution in [0.25, 0.3) is 5.52 Å². The highest BCUT2D eigenvalue weighted by Crippen LogP contribution is 2.30. The van der Waals surface area contributed by atoms with Crippen LogP contribution in [0.15, 0.2) is 41.3 Å². The standard InChI is InChI=1S/C14H12BrN3O/c1-9-7-11(8-10(2)13(9)15)19-14-12-3-4-17-18(12)6-5-16-14/h3-8H,1-2H3. The molecule has 5 heteroatoms. The lowest BCUT2D eigenvalue weighted by molar-refractivity contribution is 0.464. The van der Waals surface area contributed by atoms with E-state index in [9.17, 15) is 0 Å². The minimum Gasteiger partial charge on any atom is -0.437 e. The number of benzene rings is 1. The molecule has 0 saturated carbocycles. The maximum atomic E-state index is 5.87. The minimum absolute atomic E-state index is 0.557. The number of aromatic nitrogens is 3. The topological polar surface area (TPSA) is 39.4 Å². The van der Waals surface area contributed by atoms with Crippen molar-refractivity contribution >= 4 is 21.4 Å². The zero-order valence-corrected chi connectivity index (χ0v) is 12.2. The smallest absolute Gasteiger partial charge is 0.245 e. The fraction of sp³-hybridized carbons (Fsp3) is 0.143. The van der Waals surface area contributed by atoms with Gasteiger partial charge in [-0.25, -0.2) is 9.50 Å². The van der Waals surface area contributed by atoms with Gasteiger partial charge >= 0.3 is 0 Å². The zero-order chi connectivity index (χ0) is 13.4. The van der Waals surface area contributed by atoms with E-state index in [-0.39, 0.29) is 0 Å². The molecule has 0 bridgehead atoms. The van der Waals surface area contributed by atoms with Crippen LogP contribution in [0.5, 0.6) is 11.6 Å². The van der Waals surface area contributed by atoms with Crippen LogP contribution in [-0.4, -0.2) is 14.6 Å². The van der Waals surface area contributed by atoms with E-state index in [1.807, 2.05) is 32.0 Å². The van der Waals surface area contributed by atoms with Crippen molar-refractivity contribution in [1.82, 2.24) is 14.6 Å². The average Bonchev–Trinajstić information content (AvgIpc) is 2.85. The Morgan fingerprint density at radius 3 is 2.63 bits per heavy atom. The molecule has 0 spiro atoms. The summed E-state index contributed by atoms with van der Waals surface area (Å²) in [5, 5.41) is 4.16. The van der Waals surface area contributed by atoms with Gasteiger partial charge in [0, 0.05) is 16.9 Å². The van der Waals surface area contributed by atoms with Crippen molar-refractivity contribution in [2.24, 2.45) is 0 Å². The molecule has 96 valence electrons. The SMILES string of the molecule is Cc1cc(Oc2nccn3nccc23)cc(C)c1Br. The molecular formula is C14H12BrN3O. The molecule has 0 fully saturated rings. The molecule has 2 heterocycles. The van der Waals surface area contributed by atoms with Gasteiger partial charge < -0.3 is 4.74 Å². The quantitative estimate of drug-likeness (QED) is 0.719. The molecule has 3 aromatic rings. The fourth-order valence-electron chi connectivity index (χ4n) is 1.99. The Bertz CT molecular complexity index is 728. The number of hydrogen-bond donors (Lipinski definition) is 0. The first kappa shape index (κ1) is 12.2. The van der Waals surface area contributed by atoms with Crippen molar-refractivity contribution in [2.75, 3.05) is 0 Å². The summed E-state index contributed by atoms with van der Waals surface area (Å²) < 4.78 is 8.72. The van der Waals surface area contributed by atoms with Crippen molar-refractivity contribution in [3.8, 4) is 11.6 Å². The molecule has 2 aromatic heterocycles. The van der Waals surface area contributed by atoms with Crippen molar-refractivity contribution in [3.63, 3.8) is 0 Å². The van der Waals surface area contributed by atoms with Gasteiger partial charge in [-0.3, -0.25) is 0 Å². The molecule has 0 unspecified atom stereocenters. The van der Waals surface area contributed by atoms with E-state index in [0.29, 0.717) is 5.88 Å². The summed E-state index contributed by atoms with van der Waals surface area (Å²) in [6.45, 7) is 4.08. The van der Waals surface area contributed by atoms with Gasteiger partial charge in [0.2, 0.25) is 5.88 Å². The van der Waals surface area contributed by atoms with E-state index >= 15 is 0 Å². The zero-order valence-electron chi connectivity index (χ0n) is 10.6. The van der Waals surface area contributed by atoms with E-state index in [0.717, 1.165) is 26.9 Å². The van der Waals surface area contributed by atoms with Crippen molar-refractivity contribution in [1.29, 1.82) is 0 Å². The van der Waals surface area contributed by atoms with Crippen LogP contribution in [0.2, 0.25) is 0 Å². The summed E-state index contributed by atoms with van der Waals surface area (Å²) in [5.41, 5.74) is 3.12. The summed E-state index contributed by atoms with van der Waals surface area (Å²) in [4.78, 5) is 4.26. The third-order valence-corrected chi connectivity index (χ3v) is 4.16. The lowest BCUT2D eigenvalue weighted by Crippen LogP contribution is -1.94. The number of nitrogens with zero attached hydrogens (tertiary/aromatic N) is 3. The van der Waals surface area contributed by atoms with Crippen molar-refractivity contribution < 1.29 is 4.74 Å². The molecule has 0 saturated heterocycles. The highest BCUT2D eigenvalue weighted by Gasteiger charge is 2.08. The van der Waals surface area contributed by atoms with Crippen LogP contribution in [-0.2, 0) is 0 Å². The van der Waals surface area contributed by atoms with Crippen LogP contribution in [0.3, 0.4) is 0 Å². The summed E-state index contributed by atoms with van der Waals surface area (Å²) in [6, 6.07) is 5.85. The molecule has 0 atom stereocenters. The van der Waals surface area contributed by atoms with Gasteiger partial charge in [0.1, 0.15) is 11.3 Å². The molecule has 19 heavy (non-hydrogen) atoms. The molecular weight excluding hydrogens is 306 g/mol. The number of hydrogen-bond acceptors (Lipinski definition) is 3. The van der Waals surface area contributed by atoms with Crippen LogP contribution < -0.4 is 4.74 Å². The first-order valence-corrected chi connectivity index (χ1v) is 6.67. The van der Waals surface area contributed by atoms with Gasteiger partial charge in [-0.2, -0.15) is 5.10 Å². The molecule has 0 radical (unpaired) electrons. The maximum absolute atomic E-state index is 5.87. The Kier molecular flexibility index (Phi) is 2.98. The second-order valence-electron chi connectivity index (χ2n) is 4.37. The van der Waals surface area contributed by atoms with Crippen LogP contribution >= 0.6 is 15.9 Å². The molecule has 3 rings (SSSR count). The van der Waals surface area contributed by atoms with Crippen LogP contribution in [0, 0.1) is 13.8 Å². The summed E-state index contributed by atoms with van der Waals surface area (Å²) in [7, 11) is 0. The molecule has 0 aliphatic carbocycles. The van der Waals surface area contributed by atoms with Gasteiger partial charge in [0.05, 0.1) is 6.20 Å².